The van der Waals surface area contributed by atoms with Gasteiger partial charge in [-0.25, -0.2) is 4.98 Å². The van der Waals surface area contributed by atoms with Gasteiger partial charge < -0.3 is 4.98 Å². The molecule has 4 heteroatoms. The number of rotatable bonds is 4. The van der Waals surface area contributed by atoms with Crippen molar-refractivity contribution in [1.29, 1.82) is 0 Å². The van der Waals surface area contributed by atoms with Crippen molar-refractivity contribution in [2.75, 3.05) is 0 Å². The first kappa shape index (κ1) is 13.8. The van der Waals surface area contributed by atoms with E-state index < -0.39 is 0 Å². The lowest BCUT2D eigenvalue weighted by atomic mass is 10.0. The molecule has 0 spiro atoms. The summed E-state index contributed by atoms with van der Waals surface area (Å²) in [7, 11) is 0. The van der Waals surface area contributed by atoms with Crippen LogP contribution in [0, 0.1) is 0 Å². The third-order valence-corrected chi connectivity index (χ3v) is 4.26. The molecule has 4 nitrogen and oxygen atoms in total. The highest BCUT2D eigenvalue weighted by Crippen LogP contribution is 2.29. The SMILES string of the molecule is CCC(c1ccccc1)n1cc(-c2ccnc3[nH]ccc23)cn1. The number of nitrogens with zero attached hydrogens (tertiary/aromatic N) is 3. The molecule has 4 rings (SSSR count). The first-order valence-corrected chi connectivity index (χ1v) is 7.88. The summed E-state index contributed by atoms with van der Waals surface area (Å²) in [6, 6.07) is 14.9. The molecule has 0 aliphatic heterocycles. The zero-order chi connectivity index (χ0) is 15.6. The second kappa shape index (κ2) is 5.72. The molecule has 0 radical (unpaired) electrons. The van der Waals surface area contributed by atoms with Gasteiger partial charge in [-0.2, -0.15) is 5.10 Å². The van der Waals surface area contributed by atoms with Crippen molar-refractivity contribution in [2.45, 2.75) is 19.4 Å². The summed E-state index contributed by atoms with van der Waals surface area (Å²) >= 11 is 0. The molecular weight excluding hydrogens is 284 g/mol. The summed E-state index contributed by atoms with van der Waals surface area (Å²) in [6.07, 6.45) is 8.82. The third-order valence-electron chi connectivity index (χ3n) is 4.26. The number of hydrogen-bond acceptors (Lipinski definition) is 2. The van der Waals surface area contributed by atoms with Crippen LogP contribution in [-0.4, -0.2) is 19.7 Å². The minimum absolute atomic E-state index is 0.258. The smallest absolute Gasteiger partial charge is 0.137 e. The topological polar surface area (TPSA) is 46.5 Å². The maximum absolute atomic E-state index is 4.62. The van der Waals surface area contributed by atoms with Crippen molar-refractivity contribution in [3.63, 3.8) is 0 Å². The predicted molar refractivity (Wildman–Crippen MR) is 92.2 cm³/mol. The molecule has 0 saturated carbocycles. The number of H-pyrrole nitrogens is 1. The van der Waals surface area contributed by atoms with Crippen LogP contribution in [0.4, 0.5) is 0 Å². The van der Waals surface area contributed by atoms with Gasteiger partial charge in [0.1, 0.15) is 5.65 Å². The monoisotopic (exact) mass is 302 g/mol. The minimum atomic E-state index is 0.258. The average molecular weight is 302 g/mol. The van der Waals surface area contributed by atoms with Gasteiger partial charge in [0, 0.05) is 29.5 Å². The van der Waals surface area contributed by atoms with Crippen molar-refractivity contribution >= 4 is 11.0 Å². The molecule has 1 unspecified atom stereocenters. The van der Waals surface area contributed by atoms with Crippen molar-refractivity contribution in [1.82, 2.24) is 19.7 Å². The Hall–Kier alpha value is -2.88. The van der Waals surface area contributed by atoms with Crippen LogP contribution in [-0.2, 0) is 0 Å². The highest BCUT2D eigenvalue weighted by Gasteiger charge is 2.14. The van der Waals surface area contributed by atoms with E-state index in [4.69, 9.17) is 0 Å². The Balaban J connectivity index is 1.75. The van der Waals surface area contributed by atoms with Crippen LogP contribution >= 0.6 is 0 Å². The lowest BCUT2D eigenvalue weighted by Crippen LogP contribution is -2.09. The third kappa shape index (κ3) is 2.42. The van der Waals surface area contributed by atoms with E-state index in [0.717, 1.165) is 28.6 Å². The fraction of sp³-hybridized carbons (Fsp3) is 0.158. The van der Waals surface area contributed by atoms with E-state index in [1.54, 1.807) is 0 Å². The Morgan fingerprint density at radius 2 is 2.00 bits per heavy atom. The maximum atomic E-state index is 4.62. The van der Waals surface area contributed by atoms with E-state index in [1.165, 1.54) is 5.56 Å². The lowest BCUT2D eigenvalue weighted by Gasteiger charge is -2.15. The number of benzene rings is 1. The van der Waals surface area contributed by atoms with Crippen LogP contribution in [0.1, 0.15) is 24.9 Å². The van der Waals surface area contributed by atoms with E-state index in [1.807, 2.05) is 30.7 Å². The molecule has 23 heavy (non-hydrogen) atoms. The van der Waals surface area contributed by atoms with Crippen LogP contribution in [0.15, 0.2) is 67.3 Å². The minimum Gasteiger partial charge on any atom is -0.346 e. The van der Waals surface area contributed by atoms with Crippen molar-refractivity contribution < 1.29 is 0 Å². The molecule has 1 aromatic carbocycles. The Morgan fingerprint density at radius 3 is 2.83 bits per heavy atom. The highest BCUT2D eigenvalue weighted by atomic mass is 15.3. The van der Waals surface area contributed by atoms with Gasteiger partial charge in [0.2, 0.25) is 0 Å². The van der Waals surface area contributed by atoms with Crippen LogP contribution in [0.5, 0.6) is 0 Å². The molecule has 3 heterocycles. The molecule has 0 saturated heterocycles. The van der Waals surface area contributed by atoms with E-state index in [2.05, 4.69) is 63.2 Å². The molecule has 114 valence electrons. The summed E-state index contributed by atoms with van der Waals surface area (Å²) < 4.78 is 2.06. The van der Waals surface area contributed by atoms with Crippen molar-refractivity contribution in [3.8, 4) is 11.1 Å². The van der Waals surface area contributed by atoms with Crippen LogP contribution in [0.25, 0.3) is 22.2 Å². The Bertz CT molecular complexity index is 921. The van der Waals surface area contributed by atoms with E-state index >= 15 is 0 Å². The Morgan fingerprint density at radius 1 is 1.13 bits per heavy atom. The van der Waals surface area contributed by atoms with E-state index in [0.29, 0.717) is 0 Å². The van der Waals surface area contributed by atoms with Gasteiger partial charge in [0.25, 0.3) is 0 Å². The van der Waals surface area contributed by atoms with Crippen LogP contribution in [0.2, 0.25) is 0 Å². The number of pyridine rings is 1. The van der Waals surface area contributed by atoms with Gasteiger partial charge in [-0.15, -0.1) is 0 Å². The molecule has 4 aromatic rings. The van der Waals surface area contributed by atoms with Gasteiger partial charge >= 0.3 is 0 Å². The molecular formula is C19H18N4. The zero-order valence-electron chi connectivity index (χ0n) is 13.0. The van der Waals surface area contributed by atoms with Gasteiger partial charge in [0.15, 0.2) is 0 Å². The molecule has 3 aromatic heterocycles. The highest BCUT2D eigenvalue weighted by molar-refractivity contribution is 5.92. The molecule has 1 N–H and O–H groups in total. The molecule has 1 atom stereocenters. The average Bonchev–Trinajstić information content (AvgIpc) is 3.25. The van der Waals surface area contributed by atoms with E-state index in [-0.39, 0.29) is 6.04 Å². The number of aromatic amines is 1. The molecule has 0 bridgehead atoms. The van der Waals surface area contributed by atoms with Crippen LogP contribution in [0.3, 0.4) is 0 Å². The van der Waals surface area contributed by atoms with Crippen LogP contribution < -0.4 is 0 Å². The van der Waals surface area contributed by atoms with Gasteiger partial charge in [-0.3, -0.25) is 4.68 Å². The predicted octanol–water partition coefficient (Wildman–Crippen LogP) is 4.43. The fourth-order valence-corrected chi connectivity index (χ4v) is 3.11. The zero-order valence-corrected chi connectivity index (χ0v) is 13.0. The van der Waals surface area contributed by atoms with Gasteiger partial charge in [-0.1, -0.05) is 37.3 Å². The van der Waals surface area contributed by atoms with Gasteiger partial charge in [-0.05, 0) is 29.7 Å². The Kier molecular flexibility index (Phi) is 3.42. The van der Waals surface area contributed by atoms with E-state index in [9.17, 15) is 0 Å². The summed E-state index contributed by atoms with van der Waals surface area (Å²) in [6.45, 7) is 2.19. The molecule has 0 amide bonds. The first-order chi connectivity index (χ1) is 11.4. The van der Waals surface area contributed by atoms with Crippen molar-refractivity contribution in [2.24, 2.45) is 0 Å². The second-order valence-electron chi connectivity index (χ2n) is 5.64. The molecule has 0 aliphatic carbocycles. The molecule has 0 fully saturated rings. The summed E-state index contributed by atoms with van der Waals surface area (Å²) in [5.74, 6) is 0. The standard InChI is InChI=1S/C19H18N4/c1-2-18(14-6-4-3-5-7-14)23-13-15(12-22-23)16-8-10-20-19-17(16)9-11-21-19/h3-13,18H,2H2,1H3,(H,20,21). The number of fused-ring (bicyclic) bond motifs is 1. The number of hydrogen-bond donors (Lipinski definition) is 1. The first-order valence-electron chi connectivity index (χ1n) is 7.88. The summed E-state index contributed by atoms with van der Waals surface area (Å²) in [4.78, 5) is 7.51. The van der Waals surface area contributed by atoms with Crippen molar-refractivity contribution in [3.05, 3.63) is 72.8 Å². The normalized spacial score (nSPS) is 12.6. The second-order valence-corrected chi connectivity index (χ2v) is 5.64. The summed E-state index contributed by atoms with van der Waals surface area (Å²) in [5.41, 5.74) is 4.47. The maximum Gasteiger partial charge on any atom is 0.137 e. The fourth-order valence-electron chi connectivity index (χ4n) is 3.11. The summed E-state index contributed by atoms with van der Waals surface area (Å²) in [5, 5.41) is 5.74. The molecule has 0 aliphatic rings. The number of nitrogens with one attached hydrogen (secondary N) is 1. The van der Waals surface area contributed by atoms with Gasteiger partial charge in [0.05, 0.1) is 12.2 Å². The largest absolute Gasteiger partial charge is 0.346 e. The number of aromatic nitrogens is 4. The Labute approximate surface area is 134 Å². The lowest BCUT2D eigenvalue weighted by molar-refractivity contribution is 0.509. The quantitative estimate of drug-likeness (QED) is 0.606.